The van der Waals surface area contributed by atoms with Crippen LogP contribution in [0.25, 0.3) is 10.8 Å². The number of nitrogens with zero attached hydrogens (tertiary/aromatic N) is 1. The van der Waals surface area contributed by atoms with Crippen molar-refractivity contribution in [1.82, 2.24) is 5.43 Å². The van der Waals surface area contributed by atoms with Crippen molar-refractivity contribution >= 4 is 34.6 Å². The smallest absolute Gasteiger partial charge is 0.343 e. The average molecular weight is 514 g/mol. The minimum Gasteiger partial charge on any atom is -0.493 e. The zero-order chi connectivity index (χ0) is 26.9. The van der Waals surface area contributed by atoms with E-state index in [1.165, 1.54) is 39.7 Å². The summed E-state index contributed by atoms with van der Waals surface area (Å²) in [5.41, 5.74) is 4.21. The molecule has 194 valence electrons. The number of nitrogens with one attached hydrogen (secondary N) is 2. The summed E-state index contributed by atoms with van der Waals surface area (Å²) in [6, 6.07) is 23.6. The Labute approximate surface area is 220 Å². The molecular weight excluding hydrogens is 486 g/mol. The Bertz CT molecular complexity index is 1450. The molecule has 38 heavy (non-hydrogen) atoms. The number of ether oxygens (including phenoxy) is 4. The summed E-state index contributed by atoms with van der Waals surface area (Å²) in [6.07, 6.45) is 1.46. The maximum atomic E-state index is 12.8. The first kappa shape index (κ1) is 26.0. The number of carbonyl (C=O) groups excluding carboxylic acids is 2. The quantitative estimate of drug-likeness (QED) is 0.138. The summed E-state index contributed by atoms with van der Waals surface area (Å²) in [6.45, 7) is 0.0534. The number of methoxy groups -OCH3 is 3. The predicted molar refractivity (Wildman–Crippen MR) is 146 cm³/mol. The number of anilines is 1. The molecule has 0 spiro atoms. The van der Waals surface area contributed by atoms with Crippen molar-refractivity contribution in [2.45, 2.75) is 0 Å². The van der Waals surface area contributed by atoms with Crippen LogP contribution in [0.3, 0.4) is 0 Å². The molecule has 4 aromatic rings. The van der Waals surface area contributed by atoms with Crippen LogP contribution in [0, 0.1) is 0 Å². The Morgan fingerprint density at radius 1 is 0.842 bits per heavy atom. The second-order valence-corrected chi connectivity index (χ2v) is 8.05. The highest BCUT2D eigenvalue weighted by molar-refractivity contribution is 5.95. The average Bonchev–Trinajstić information content (AvgIpc) is 2.95. The number of carbonyl (C=O) groups is 2. The SMILES string of the molecule is COc1cc(C(=O)Oc2cccc(C=NNC(=O)CNc3cccc4ccccc34)c2)cc(OC)c1OC. The summed E-state index contributed by atoms with van der Waals surface area (Å²) in [5.74, 6) is 0.442. The number of hydrogen-bond acceptors (Lipinski definition) is 8. The first-order valence-corrected chi connectivity index (χ1v) is 11.7. The van der Waals surface area contributed by atoms with Crippen LogP contribution in [0.5, 0.6) is 23.0 Å². The van der Waals surface area contributed by atoms with Crippen LogP contribution in [-0.2, 0) is 4.79 Å². The molecule has 9 nitrogen and oxygen atoms in total. The van der Waals surface area contributed by atoms with Crippen LogP contribution >= 0.6 is 0 Å². The number of rotatable bonds is 10. The number of amides is 1. The lowest BCUT2D eigenvalue weighted by molar-refractivity contribution is -0.119. The fourth-order valence-electron chi connectivity index (χ4n) is 3.80. The van der Waals surface area contributed by atoms with E-state index in [4.69, 9.17) is 18.9 Å². The molecule has 0 atom stereocenters. The van der Waals surface area contributed by atoms with Gasteiger partial charge >= 0.3 is 5.97 Å². The van der Waals surface area contributed by atoms with Gasteiger partial charge in [-0.2, -0.15) is 5.10 Å². The second-order valence-electron chi connectivity index (χ2n) is 8.05. The number of fused-ring (bicyclic) bond motifs is 1. The lowest BCUT2D eigenvalue weighted by atomic mass is 10.1. The molecule has 4 aromatic carbocycles. The molecular formula is C29H27N3O6. The van der Waals surface area contributed by atoms with Crippen LogP contribution in [0.1, 0.15) is 15.9 Å². The molecule has 4 rings (SSSR count). The minimum absolute atomic E-state index is 0.0534. The Kier molecular flexibility index (Phi) is 8.40. The Morgan fingerprint density at radius 2 is 1.55 bits per heavy atom. The Balaban J connectivity index is 1.36. The van der Waals surface area contributed by atoms with E-state index in [0.29, 0.717) is 28.6 Å². The highest BCUT2D eigenvalue weighted by Gasteiger charge is 2.18. The molecule has 0 aromatic heterocycles. The number of hydrogen-bond donors (Lipinski definition) is 2. The topological polar surface area (TPSA) is 107 Å². The monoisotopic (exact) mass is 513 g/mol. The molecule has 9 heteroatoms. The van der Waals surface area contributed by atoms with E-state index in [1.807, 2.05) is 42.5 Å². The van der Waals surface area contributed by atoms with Crippen molar-refractivity contribution in [1.29, 1.82) is 0 Å². The second kappa shape index (κ2) is 12.3. The van der Waals surface area contributed by atoms with Gasteiger partial charge in [-0.15, -0.1) is 0 Å². The zero-order valence-corrected chi connectivity index (χ0v) is 21.2. The fraction of sp³-hybridized carbons (Fsp3) is 0.138. The molecule has 0 saturated heterocycles. The normalized spacial score (nSPS) is 10.7. The first-order valence-electron chi connectivity index (χ1n) is 11.7. The van der Waals surface area contributed by atoms with Gasteiger partial charge in [0.05, 0.1) is 39.7 Å². The molecule has 2 N–H and O–H groups in total. The Hall–Kier alpha value is -5.05. The van der Waals surface area contributed by atoms with Crippen LogP contribution < -0.4 is 29.7 Å². The van der Waals surface area contributed by atoms with Crippen molar-refractivity contribution in [3.63, 3.8) is 0 Å². The molecule has 0 radical (unpaired) electrons. The van der Waals surface area contributed by atoms with E-state index in [0.717, 1.165) is 16.5 Å². The van der Waals surface area contributed by atoms with Gasteiger partial charge in [0.1, 0.15) is 5.75 Å². The number of hydrazone groups is 1. The molecule has 1 amide bonds. The van der Waals surface area contributed by atoms with Gasteiger partial charge in [0.15, 0.2) is 11.5 Å². The first-order chi connectivity index (χ1) is 18.5. The van der Waals surface area contributed by atoms with Gasteiger partial charge in [-0.1, -0.05) is 48.5 Å². The molecule has 0 aliphatic carbocycles. The largest absolute Gasteiger partial charge is 0.493 e. The summed E-state index contributed by atoms with van der Waals surface area (Å²) in [7, 11) is 4.41. The molecule has 0 unspecified atom stereocenters. The number of benzene rings is 4. The van der Waals surface area contributed by atoms with Gasteiger partial charge in [-0.25, -0.2) is 10.2 Å². The third kappa shape index (κ3) is 6.19. The zero-order valence-electron chi connectivity index (χ0n) is 21.2. The van der Waals surface area contributed by atoms with E-state index < -0.39 is 5.97 Å². The third-order valence-corrected chi connectivity index (χ3v) is 5.60. The van der Waals surface area contributed by atoms with E-state index >= 15 is 0 Å². The third-order valence-electron chi connectivity index (χ3n) is 5.60. The van der Waals surface area contributed by atoms with E-state index in [9.17, 15) is 9.59 Å². The van der Waals surface area contributed by atoms with Gasteiger partial charge < -0.3 is 24.3 Å². The van der Waals surface area contributed by atoms with Crippen LogP contribution in [0.2, 0.25) is 0 Å². The highest BCUT2D eigenvalue weighted by Crippen LogP contribution is 2.38. The Morgan fingerprint density at radius 3 is 2.29 bits per heavy atom. The molecule has 0 aliphatic heterocycles. The van der Waals surface area contributed by atoms with Crippen LogP contribution in [0.4, 0.5) is 5.69 Å². The molecule has 0 fully saturated rings. The summed E-state index contributed by atoms with van der Waals surface area (Å²) in [4.78, 5) is 25.0. The molecule has 0 saturated carbocycles. The van der Waals surface area contributed by atoms with Crippen molar-refractivity contribution in [3.8, 4) is 23.0 Å². The van der Waals surface area contributed by atoms with Crippen LogP contribution in [0.15, 0.2) is 84.0 Å². The lowest BCUT2D eigenvalue weighted by Crippen LogP contribution is -2.25. The van der Waals surface area contributed by atoms with Gasteiger partial charge in [-0.05, 0) is 41.3 Å². The maximum Gasteiger partial charge on any atom is 0.343 e. The fourth-order valence-corrected chi connectivity index (χ4v) is 3.80. The van der Waals surface area contributed by atoms with E-state index in [2.05, 4.69) is 15.8 Å². The molecule has 0 heterocycles. The molecule has 0 aliphatic rings. The van der Waals surface area contributed by atoms with Crippen molar-refractivity contribution in [2.24, 2.45) is 5.10 Å². The summed E-state index contributed by atoms with van der Waals surface area (Å²) >= 11 is 0. The summed E-state index contributed by atoms with van der Waals surface area (Å²) in [5, 5.41) is 9.26. The lowest BCUT2D eigenvalue weighted by Gasteiger charge is -2.13. The predicted octanol–water partition coefficient (Wildman–Crippen LogP) is 4.65. The minimum atomic E-state index is -0.605. The van der Waals surface area contributed by atoms with Crippen LogP contribution in [-0.4, -0.2) is 46.0 Å². The van der Waals surface area contributed by atoms with E-state index in [1.54, 1.807) is 24.3 Å². The van der Waals surface area contributed by atoms with Gasteiger partial charge in [-0.3, -0.25) is 4.79 Å². The van der Waals surface area contributed by atoms with Gasteiger partial charge in [0.2, 0.25) is 5.75 Å². The number of esters is 1. The molecule has 0 bridgehead atoms. The standard InChI is InChI=1S/C29H27N3O6/c1-35-25-15-21(16-26(36-2)28(25)37-3)29(34)38-22-11-6-8-19(14-22)17-31-32-27(33)18-30-24-13-7-10-20-9-4-5-12-23(20)24/h4-17,30H,18H2,1-3H3,(H,32,33). The van der Waals surface area contributed by atoms with E-state index in [-0.39, 0.29) is 18.0 Å². The van der Waals surface area contributed by atoms with Crippen molar-refractivity contribution < 1.29 is 28.5 Å². The van der Waals surface area contributed by atoms with Crippen molar-refractivity contribution in [2.75, 3.05) is 33.2 Å². The van der Waals surface area contributed by atoms with Gasteiger partial charge in [0, 0.05) is 11.1 Å². The maximum absolute atomic E-state index is 12.8. The highest BCUT2D eigenvalue weighted by atomic mass is 16.5. The summed E-state index contributed by atoms with van der Waals surface area (Å²) < 4.78 is 21.4. The van der Waals surface area contributed by atoms with Crippen molar-refractivity contribution in [3.05, 3.63) is 90.0 Å². The van der Waals surface area contributed by atoms with Gasteiger partial charge in [0.25, 0.3) is 5.91 Å².